The maximum Gasteiger partial charge on any atom is 0.259 e. The molecule has 5 nitrogen and oxygen atoms in total. The monoisotopic (exact) mass is 438 g/mol. The van der Waals surface area contributed by atoms with Gasteiger partial charge in [-0.3, -0.25) is 9.36 Å². The Morgan fingerprint density at radius 1 is 1.03 bits per heavy atom. The van der Waals surface area contributed by atoms with Gasteiger partial charge in [0.05, 0.1) is 15.6 Å². The number of rotatable bonds is 4. The summed E-state index contributed by atoms with van der Waals surface area (Å²) in [5.41, 5.74) is 3.32. The topological polar surface area (TPSA) is 59.8 Å². The van der Waals surface area contributed by atoms with Crippen LogP contribution in [0.25, 0.3) is 22.2 Å². The molecular weight excluding hydrogens is 419 g/mol. The van der Waals surface area contributed by atoms with Gasteiger partial charge in [0.15, 0.2) is 0 Å². The number of fused-ring (bicyclic) bond motifs is 1. The lowest BCUT2D eigenvalue weighted by molar-refractivity contribution is 0.867. The first-order valence-corrected chi connectivity index (χ1v) is 10.3. The number of nitrogens with one attached hydrogen (secondary N) is 1. The summed E-state index contributed by atoms with van der Waals surface area (Å²) in [7, 11) is 1.68. The Labute approximate surface area is 184 Å². The van der Waals surface area contributed by atoms with Gasteiger partial charge in [-0.05, 0) is 41.8 Å². The summed E-state index contributed by atoms with van der Waals surface area (Å²) in [5, 5.41) is 4.77. The van der Waals surface area contributed by atoms with Crippen molar-refractivity contribution >= 4 is 45.9 Å². The molecule has 2 aromatic carbocycles. The van der Waals surface area contributed by atoms with E-state index in [1.165, 1.54) is 10.1 Å². The van der Waals surface area contributed by atoms with Gasteiger partial charge in [-0.25, -0.2) is 4.98 Å². The molecule has 4 aromatic rings. The minimum atomic E-state index is -0.232. The maximum atomic E-state index is 13.0. The first-order valence-electron chi connectivity index (χ1n) is 9.53. The van der Waals surface area contributed by atoms with Crippen molar-refractivity contribution in [1.29, 1.82) is 0 Å². The van der Waals surface area contributed by atoms with Gasteiger partial charge < -0.3 is 5.32 Å². The second-order valence-electron chi connectivity index (χ2n) is 7.40. The summed E-state index contributed by atoms with van der Waals surface area (Å²) in [5.74, 6) is 0.835. The van der Waals surface area contributed by atoms with Gasteiger partial charge in [0.2, 0.25) is 5.95 Å². The normalized spacial score (nSPS) is 11.3. The van der Waals surface area contributed by atoms with E-state index in [-0.39, 0.29) is 5.56 Å². The molecule has 0 radical (unpaired) electrons. The zero-order valence-corrected chi connectivity index (χ0v) is 18.3. The summed E-state index contributed by atoms with van der Waals surface area (Å²) < 4.78 is 1.49. The van der Waals surface area contributed by atoms with Crippen LogP contribution in [0.1, 0.15) is 25.3 Å². The number of benzene rings is 2. The molecule has 2 heterocycles. The van der Waals surface area contributed by atoms with Gasteiger partial charge in [-0.2, -0.15) is 4.98 Å². The van der Waals surface area contributed by atoms with Crippen LogP contribution < -0.4 is 10.9 Å². The second-order valence-corrected chi connectivity index (χ2v) is 8.21. The number of nitrogens with zero attached hydrogens (tertiary/aromatic N) is 3. The largest absolute Gasteiger partial charge is 0.324 e. The molecule has 0 saturated heterocycles. The van der Waals surface area contributed by atoms with Crippen LogP contribution in [0.15, 0.2) is 59.5 Å². The highest BCUT2D eigenvalue weighted by atomic mass is 35.5. The summed E-state index contributed by atoms with van der Waals surface area (Å²) in [4.78, 5) is 22.0. The van der Waals surface area contributed by atoms with E-state index in [1.54, 1.807) is 37.5 Å². The van der Waals surface area contributed by atoms with E-state index in [1.807, 2.05) is 12.1 Å². The van der Waals surface area contributed by atoms with Crippen molar-refractivity contribution < 1.29 is 0 Å². The molecule has 0 spiro atoms. The third-order valence-corrected chi connectivity index (χ3v) is 5.62. The van der Waals surface area contributed by atoms with Crippen molar-refractivity contribution in [2.24, 2.45) is 7.05 Å². The highest BCUT2D eigenvalue weighted by Crippen LogP contribution is 2.33. The zero-order valence-electron chi connectivity index (χ0n) is 16.8. The Bertz CT molecular complexity index is 1290. The minimum Gasteiger partial charge on any atom is -0.324 e. The fourth-order valence-electron chi connectivity index (χ4n) is 3.35. The lowest BCUT2D eigenvalue weighted by Crippen LogP contribution is -2.20. The lowest BCUT2D eigenvalue weighted by atomic mass is 10.0. The highest BCUT2D eigenvalue weighted by molar-refractivity contribution is 6.39. The molecule has 7 heteroatoms. The molecule has 0 atom stereocenters. The molecule has 4 rings (SSSR count). The summed E-state index contributed by atoms with van der Waals surface area (Å²) in [6.07, 6.45) is 1.69. The van der Waals surface area contributed by atoms with Gasteiger partial charge in [-0.15, -0.1) is 0 Å². The molecule has 0 aliphatic rings. The molecule has 152 valence electrons. The van der Waals surface area contributed by atoms with Crippen LogP contribution in [0, 0.1) is 0 Å². The molecule has 0 bridgehead atoms. The van der Waals surface area contributed by atoms with Crippen molar-refractivity contribution in [3.63, 3.8) is 0 Å². The van der Waals surface area contributed by atoms with Gasteiger partial charge in [0, 0.05) is 29.9 Å². The molecule has 0 unspecified atom stereocenters. The number of pyridine rings is 1. The van der Waals surface area contributed by atoms with Crippen molar-refractivity contribution in [3.8, 4) is 11.1 Å². The molecule has 0 amide bonds. The van der Waals surface area contributed by atoms with Crippen LogP contribution in [-0.4, -0.2) is 14.5 Å². The Morgan fingerprint density at radius 3 is 2.43 bits per heavy atom. The zero-order chi connectivity index (χ0) is 21.4. The van der Waals surface area contributed by atoms with Crippen LogP contribution in [0.3, 0.4) is 0 Å². The first-order chi connectivity index (χ1) is 14.3. The smallest absolute Gasteiger partial charge is 0.259 e. The van der Waals surface area contributed by atoms with Crippen molar-refractivity contribution in [3.05, 3.63) is 80.7 Å². The fourth-order valence-corrected chi connectivity index (χ4v) is 3.95. The van der Waals surface area contributed by atoms with Crippen LogP contribution in [0.2, 0.25) is 10.0 Å². The second kappa shape index (κ2) is 8.09. The molecular formula is C23H20Cl2N4O. The standard InChI is InChI=1S/C23H20Cl2N4O/c1-13(2)14-6-4-7-16(10-14)27-23-26-12-15-11-17(22(30)29(3)21(15)28-23)20-18(24)8-5-9-19(20)25/h4-13H,1-3H3,(H,26,27,28). The van der Waals surface area contributed by atoms with E-state index in [0.717, 1.165) is 5.69 Å². The van der Waals surface area contributed by atoms with Gasteiger partial charge in [-0.1, -0.05) is 55.2 Å². The van der Waals surface area contributed by atoms with E-state index in [9.17, 15) is 4.79 Å². The molecule has 0 saturated carbocycles. The van der Waals surface area contributed by atoms with Crippen molar-refractivity contribution in [1.82, 2.24) is 14.5 Å². The Kier molecular flexibility index (Phi) is 5.50. The Balaban J connectivity index is 1.79. The Morgan fingerprint density at radius 2 is 1.73 bits per heavy atom. The molecule has 0 aliphatic carbocycles. The van der Waals surface area contributed by atoms with E-state index >= 15 is 0 Å². The summed E-state index contributed by atoms with van der Waals surface area (Å²) in [6.45, 7) is 4.29. The molecule has 0 aliphatic heterocycles. The van der Waals surface area contributed by atoms with Crippen LogP contribution in [0.5, 0.6) is 0 Å². The quantitative estimate of drug-likeness (QED) is 0.413. The van der Waals surface area contributed by atoms with Crippen molar-refractivity contribution in [2.75, 3.05) is 5.32 Å². The molecule has 30 heavy (non-hydrogen) atoms. The molecule has 1 N–H and O–H groups in total. The number of hydrogen-bond donors (Lipinski definition) is 1. The SMILES string of the molecule is CC(C)c1cccc(Nc2ncc3cc(-c4c(Cl)cccc4Cl)c(=O)n(C)c3n2)c1. The van der Waals surface area contributed by atoms with E-state index in [2.05, 4.69) is 41.3 Å². The van der Waals surface area contributed by atoms with E-state index in [4.69, 9.17) is 23.2 Å². The third kappa shape index (κ3) is 3.78. The third-order valence-electron chi connectivity index (χ3n) is 4.99. The number of aromatic nitrogens is 3. The predicted molar refractivity (Wildman–Crippen MR) is 124 cm³/mol. The molecule has 2 aromatic heterocycles. The number of hydrogen-bond acceptors (Lipinski definition) is 4. The van der Waals surface area contributed by atoms with Crippen LogP contribution in [0.4, 0.5) is 11.6 Å². The number of aryl methyl sites for hydroxylation is 1. The maximum absolute atomic E-state index is 13.0. The number of halogens is 2. The van der Waals surface area contributed by atoms with Crippen molar-refractivity contribution in [2.45, 2.75) is 19.8 Å². The average molecular weight is 439 g/mol. The summed E-state index contributed by atoms with van der Waals surface area (Å²) >= 11 is 12.6. The predicted octanol–water partition coefficient (Wildman–Crippen LogP) is 6.17. The van der Waals surface area contributed by atoms with Crippen LogP contribution >= 0.6 is 23.2 Å². The minimum absolute atomic E-state index is 0.232. The summed E-state index contributed by atoms with van der Waals surface area (Å²) in [6, 6.07) is 15.0. The van der Waals surface area contributed by atoms with Crippen LogP contribution in [-0.2, 0) is 7.05 Å². The average Bonchev–Trinajstić information content (AvgIpc) is 2.72. The lowest BCUT2D eigenvalue weighted by Gasteiger charge is -2.12. The van der Waals surface area contributed by atoms with E-state index < -0.39 is 0 Å². The fraction of sp³-hybridized carbons (Fsp3) is 0.174. The highest BCUT2D eigenvalue weighted by Gasteiger charge is 2.16. The van der Waals surface area contributed by atoms with E-state index in [0.29, 0.717) is 44.1 Å². The Hall–Kier alpha value is -2.89. The number of anilines is 2. The van der Waals surface area contributed by atoms with Gasteiger partial charge in [0.25, 0.3) is 5.56 Å². The molecule has 0 fully saturated rings. The van der Waals surface area contributed by atoms with Gasteiger partial charge >= 0.3 is 0 Å². The van der Waals surface area contributed by atoms with Gasteiger partial charge in [0.1, 0.15) is 5.65 Å². The first kappa shape index (κ1) is 20.4.